The first-order valence-corrected chi connectivity index (χ1v) is 12.3. The predicted molar refractivity (Wildman–Crippen MR) is 132 cm³/mol. The number of ether oxygens (including phenoxy) is 1. The molecule has 4 rings (SSSR count). The normalized spacial score (nSPS) is 13.1. The summed E-state index contributed by atoms with van der Waals surface area (Å²) in [6.45, 7) is 3.99. The van der Waals surface area contributed by atoms with Gasteiger partial charge in [-0.1, -0.05) is 62.4 Å². The molecule has 0 saturated heterocycles. The number of carbonyl (C=O) groups excluding carboxylic acids is 2. The number of nitrogens with one attached hydrogen (secondary N) is 2. The Hall–Kier alpha value is -3.72. The van der Waals surface area contributed by atoms with E-state index in [1.807, 2.05) is 50.2 Å². The number of alkyl carbamates (subject to hydrolysis) is 1. The molecule has 0 spiro atoms. The van der Waals surface area contributed by atoms with Gasteiger partial charge in [-0.3, -0.25) is 9.59 Å². The van der Waals surface area contributed by atoms with Crippen molar-refractivity contribution in [2.45, 2.75) is 38.8 Å². The van der Waals surface area contributed by atoms with Gasteiger partial charge in [0.25, 0.3) is 0 Å². The monoisotopic (exact) mass is 493 g/mol. The molecule has 1 aliphatic carbocycles. The number of hydrogen-bond donors (Lipinski definition) is 3. The third-order valence-corrected chi connectivity index (χ3v) is 6.81. The Labute approximate surface area is 207 Å². The van der Waals surface area contributed by atoms with Crippen molar-refractivity contribution in [2.75, 3.05) is 6.61 Å². The van der Waals surface area contributed by atoms with Gasteiger partial charge in [0.15, 0.2) is 0 Å². The lowest BCUT2D eigenvalue weighted by Crippen LogP contribution is -2.49. The van der Waals surface area contributed by atoms with Crippen LogP contribution in [0.2, 0.25) is 0 Å². The SMILES string of the molecule is CC(C)C(NC(=O)OCC1c2ccccc2-c2ccccc21)C(=O)NCc1nc(CC(=O)O)cs1. The van der Waals surface area contributed by atoms with Crippen LogP contribution in [0.1, 0.15) is 41.6 Å². The predicted octanol–water partition coefficient (Wildman–Crippen LogP) is 3.95. The van der Waals surface area contributed by atoms with Crippen molar-refractivity contribution in [3.8, 4) is 11.1 Å². The van der Waals surface area contributed by atoms with Crippen LogP contribution in [0.15, 0.2) is 53.9 Å². The molecule has 1 aliphatic rings. The molecule has 0 bridgehead atoms. The minimum absolute atomic E-state index is 0.0654. The van der Waals surface area contributed by atoms with Crippen molar-refractivity contribution in [3.05, 3.63) is 75.7 Å². The molecule has 2 amide bonds. The highest BCUT2D eigenvalue weighted by Crippen LogP contribution is 2.44. The van der Waals surface area contributed by atoms with Crippen molar-refractivity contribution >= 4 is 29.3 Å². The van der Waals surface area contributed by atoms with Crippen molar-refractivity contribution in [1.82, 2.24) is 15.6 Å². The van der Waals surface area contributed by atoms with Crippen LogP contribution in [-0.4, -0.2) is 40.7 Å². The number of carbonyl (C=O) groups is 3. The average molecular weight is 494 g/mol. The Morgan fingerprint density at radius 2 is 1.69 bits per heavy atom. The number of aliphatic carboxylic acids is 1. The number of rotatable bonds is 9. The van der Waals surface area contributed by atoms with E-state index in [1.165, 1.54) is 11.3 Å². The van der Waals surface area contributed by atoms with Crippen molar-refractivity contribution in [1.29, 1.82) is 0 Å². The summed E-state index contributed by atoms with van der Waals surface area (Å²) in [4.78, 5) is 40.4. The standard InChI is InChI=1S/C26H27N3O5S/c1-15(2)24(25(32)27-12-22-28-16(14-35-22)11-23(30)31)29-26(33)34-13-21-19-9-5-3-7-17(19)18-8-4-6-10-20(18)21/h3-10,14-15,21,24H,11-13H2,1-2H3,(H,27,32)(H,29,33)(H,30,31). The molecule has 1 atom stereocenters. The Balaban J connectivity index is 1.34. The Bertz CT molecular complexity index is 1190. The first-order chi connectivity index (χ1) is 16.8. The molecule has 182 valence electrons. The number of thiazole rings is 1. The molecule has 1 aromatic heterocycles. The number of amides is 2. The highest BCUT2D eigenvalue weighted by molar-refractivity contribution is 7.09. The Morgan fingerprint density at radius 1 is 1.06 bits per heavy atom. The van der Waals surface area contributed by atoms with Gasteiger partial charge < -0.3 is 20.5 Å². The molecule has 0 fully saturated rings. The van der Waals surface area contributed by atoms with Crippen LogP contribution in [0, 0.1) is 5.92 Å². The molecule has 0 radical (unpaired) electrons. The maximum absolute atomic E-state index is 12.8. The fourth-order valence-corrected chi connectivity index (χ4v) is 4.97. The number of nitrogens with zero attached hydrogens (tertiary/aromatic N) is 1. The van der Waals surface area contributed by atoms with Crippen LogP contribution in [-0.2, 0) is 27.3 Å². The zero-order valence-electron chi connectivity index (χ0n) is 19.5. The number of fused-ring (bicyclic) bond motifs is 3. The van der Waals surface area contributed by atoms with Gasteiger partial charge in [-0.25, -0.2) is 9.78 Å². The van der Waals surface area contributed by atoms with Crippen LogP contribution in [0.25, 0.3) is 11.1 Å². The van der Waals surface area contributed by atoms with Gasteiger partial charge in [0.2, 0.25) is 5.91 Å². The molecule has 1 unspecified atom stereocenters. The van der Waals surface area contributed by atoms with Gasteiger partial charge in [0.1, 0.15) is 17.7 Å². The van der Waals surface area contributed by atoms with E-state index < -0.39 is 18.1 Å². The maximum atomic E-state index is 12.8. The highest BCUT2D eigenvalue weighted by atomic mass is 32.1. The summed E-state index contributed by atoms with van der Waals surface area (Å²) in [5.74, 6) is -1.56. The first kappa shape index (κ1) is 24.4. The molecule has 2 aromatic carbocycles. The van der Waals surface area contributed by atoms with Crippen LogP contribution in [0.5, 0.6) is 0 Å². The third kappa shape index (κ3) is 5.68. The van der Waals surface area contributed by atoms with E-state index in [4.69, 9.17) is 9.84 Å². The zero-order valence-corrected chi connectivity index (χ0v) is 20.3. The number of hydrogen-bond acceptors (Lipinski definition) is 6. The van der Waals surface area contributed by atoms with Crippen LogP contribution < -0.4 is 10.6 Å². The summed E-state index contributed by atoms with van der Waals surface area (Å²) in [6.07, 6.45) is -0.818. The fourth-order valence-electron chi connectivity index (χ4n) is 4.24. The smallest absolute Gasteiger partial charge is 0.407 e. The number of benzene rings is 2. The van der Waals surface area contributed by atoms with Gasteiger partial charge >= 0.3 is 12.1 Å². The van der Waals surface area contributed by atoms with E-state index in [-0.39, 0.29) is 37.3 Å². The van der Waals surface area contributed by atoms with Crippen LogP contribution in [0.4, 0.5) is 4.79 Å². The second-order valence-corrected chi connectivity index (χ2v) is 9.66. The number of carboxylic acids is 1. The van der Waals surface area contributed by atoms with Crippen molar-refractivity contribution in [3.63, 3.8) is 0 Å². The summed E-state index contributed by atoms with van der Waals surface area (Å²) >= 11 is 1.28. The first-order valence-electron chi connectivity index (χ1n) is 11.4. The molecular formula is C26H27N3O5S. The minimum atomic E-state index is -0.960. The van der Waals surface area contributed by atoms with E-state index in [0.717, 1.165) is 22.3 Å². The Morgan fingerprint density at radius 3 is 2.29 bits per heavy atom. The molecular weight excluding hydrogens is 466 g/mol. The van der Waals surface area contributed by atoms with E-state index >= 15 is 0 Å². The molecule has 1 heterocycles. The second kappa shape index (κ2) is 10.7. The summed E-state index contributed by atoms with van der Waals surface area (Å²) in [6, 6.07) is 15.4. The number of aromatic nitrogens is 1. The van der Waals surface area contributed by atoms with Gasteiger partial charge in [0.05, 0.1) is 18.7 Å². The van der Waals surface area contributed by atoms with Crippen LogP contribution in [0.3, 0.4) is 0 Å². The van der Waals surface area contributed by atoms with E-state index in [1.54, 1.807) is 5.38 Å². The topological polar surface area (TPSA) is 118 Å². The van der Waals surface area contributed by atoms with E-state index in [2.05, 4.69) is 27.8 Å². The number of carboxylic acid groups (broad SMARTS) is 1. The van der Waals surface area contributed by atoms with E-state index in [9.17, 15) is 14.4 Å². The van der Waals surface area contributed by atoms with Gasteiger partial charge in [-0.15, -0.1) is 11.3 Å². The fraction of sp³-hybridized carbons (Fsp3) is 0.308. The van der Waals surface area contributed by atoms with Gasteiger partial charge in [-0.05, 0) is 28.2 Å². The molecule has 3 aromatic rings. The summed E-state index contributed by atoms with van der Waals surface area (Å²) in [5, 5.41) is 16.6. The zero-order chi connectivity index (χ0) is 24.9. The highest BCUT2D eigenvalue weighted by Gasteiger charge is 2.30. The molecule has 0 saturated carbocycles. The summed E-state index contributed by atoms with van der Waals surface area (Å²) in [7, 11) is 0. The lowest BCUT2D eigenvalue weighted by Gasteiger charge is -2.22. The lowest BCUT2D eigenvalue weighted by atomic mass is 9.98. The molecule has 9 heteroatoms. The quantitative estimate of drug-likeness (QED) is 0.416. The molecule has 35 heavy (non-hydrogen) atoms. The summed E-state index contributed by atoms with van der Waals surface area (Å²) in [5.41, 5.74) is 4.97. The third-order valence-electron chi connectivity index (χ3n) is 5.91. The van der Waals surface area contributed by atoms with Crippen LogP contribution >= 0.6 is 11.3 Å². The van der Waals surface area contributed by atoms with Gasteiger partial charge in [-0.2, -0.15) is 0 Å². The second-order valence-electron chi connectivity index (χ2n) is 8.71. The maximum Gasteiger partial charge on any atom is 0.407 e. The van der Waals surface area contributed by atoms with E-state index in [0.29, 0.717) is 10.7 Å². The van der Waals surface area contributed by atoms with Gasteiger partial charge in [0, 0.05) is 11.3 Å². The summed E-state index contributed by atoms with van der Waals surface area (Å²) < 4.78 is 5.58. The largest absolute Gasteiger partial charge is 0.481 e. The lowest BCUT2D eigenvalue weighted by molar-refractivity contribution is -0.136. The Kier molecular flexibility index (Phi) is 7.45. The van der Waals surface area contributed by atoms with Crippen molar-refractivity contribution < 1.29 is 24.2 Å². The minimum Gasteiger partial charge on any atom is -0.481 e. The molecule has 8 nitrogen and oxygen atoms in total. The average Bonchev–Trinajstić information content (AvgIpc) is 3.41. The molecule has 3 N–H and O–H groups in total. The molecule has 0 aliphatic heterocycles. The van der Waals surface area contributed by atoms with Crippen molar-refractivity contribution in [2.24, 2.45) is 5.92 Å².